The molecule has 2 aromatic carbocycles. The van der Waals surface area contributed by atoms with Crippen molar-refractivity contribution in [2.45, 2.75) is 20.0 Å². The molecule has 1 aliphatic heterocycles. The van der Waals surface area contributed by atoms with Crippen molar-refractivity contribution in [3.05, 3.63) is 64.7 Å². The summed E-state index contributed by atoms with van der Waals surface area (Å²) in [6, 6.07) is 16.5. The Balaban J connectivity index is 0.00000280. The maximum absolute atomic E-state index is 5.94. The lowest BCUT2D eigenvalue weighted by Gasteiger charge is -2.28. The van der Waals surface area contributed by atoms with E-state index in [1.54, 1.807) is 0 Å². The standard InChI is InChI=1S/C21H27ClN4O.HI/c1-2-23-21(24-15-17-3-7-19(22)8-4-17)25-16-18-5-9-20(10-6-18)26-11-13-27-14-12-26;/h3-10H,2,11-16H2,1H3,(H2,23,24,25);1H. The Morgan fingerprint density at radius 3 is 2.29 bits per heavy atom. The molecule has 0 unspecified atom stereocenters. The molecule has 0 amide bonds. The molecule has 0 bridgehead atoms. The summed E-state index contributed by atoms with van der Waals surface area (Å²) in [4.78, 5) is 7.05. The Hall–Kier alpha value is -1.51. The van der Waals surface area contributed by atoms with Crippen LogP contribution in [0.25, 0.3) is 0 Å². The molecule has 0 atom stereocenters. The summed E-state index contributed by atoms with van der Waals surface area (Å²) in [5, 5.41) is 7.40. The Kier molecular flexibility index (Phi) is 9.87. The SMILES string of the molecule is CCNC(=NCc1ccc(N2CCOCC2)cc1)NCc1ccc(Cl)cc1.I. The van der Waals surface area contributed by atoms with Gasteiger partial charge in [0.15, 0.2) is 5.96 Å². The first-order chi connectivity index (χ1) is 13.2. The number of nitrogens with zero attached hydrogens (tertiary/aromatic N) is 2. The zero-order valence-corrected chi connectivity index (χ0v) is 19.2. The third-order valence-corrected chi connectivity index (χ3v) is 4.70. The van der Waals surface area contributed by atoms with E-state index in [1.165, 1.54) is 16.8 Å². The van der Waals surface area contributed by atoms with E-state index in [2.05, 4.69) is 46.7 Å². The molecule has 5 nitrogen and oxygen atoms in total. The van der Waals surface area contributed by atoms with E-state index in [0.717, 1.165) is 43.8 Å². The average molecular weight is 515 g/mol. The third-order valence-electron chi connectivity index (χ3n) is 4.45. The van der Waals surface area contributed by atoms with Crippen molar-refractivity contribution in [1.82, 2.24) is 10.6 Å². The van der Waals surface area contributed by atoms with Gasteiger partial charge < -0.3 is 20.3 Å². The van der Waals surface area contributed by atoms with E-state index < -0.39 is 0 Å². The number of hydrogen-bond donors (Lipinski definition) is 2. The van der Waals surface area contributed by atoms with Crippen LogP contribution in [0.4, 0.5) is 5.69 Å². The van der Waals surface area contributed by atoms with Gasteiger partial charge in [-0.2, -0.15) is 0 Å². The first-order valence-electron chi connectivity index (χ1n) is 9.43. The zero-order valence-electron chi connectivity index (χ0n) is 16.2. The van der Waals surface area contributed by atoms with Gasteiger partial charge in [-0.1, -0.05) is 35.9 Å². The van der Waals surface area contributed by atoms with Crippen molar-refractivity contribution in [1.29, 1.82) is 0 Å². The molecule has 2 N–H and O–H groups in total. The number of anilines is 1. The summed E-state index contributed by atoms with van der Waals surface area (Å²) >= 11 is 5.94. The predicted molar refractivity (Wildman–Crippen MR) is 128 cm³/mol. The molecule has 7 heteroatoms. The number of benzene rings is 2. The number of morpholine rings is 1. The zero-order chi connectivity index (χ0) is 18.9. The molecule has 0 aromatic heterocycles. The van der Waals surface area contributed by atoms with Gasteiger partial charge in [-0.25, -0.2) is 4.99 Å². The summed E-state index contributed by atoms with van der Waals surface area (Å²) in [7, 11) is 0. The van der Waals surface area contributed by atoms with Gasteiger partial charge >= 0.3 is 0 Å². The smallest absolute Gasteiger partial charge is 0.191 e. The van der Waals surface area contributed by atoms with Gasteiger partial charge in [0.05, 0.1) is 19.8 Å². The number of aliphatic imine (C=N–C) groups is 1. The van der Waals surface area contributed by atoms with Gasteiger partial charge in [0.2, 0.25) is 0 Å². The topological polar surface area (TPSA) is 48.9 Å². The first-order valence-corrected chi connectivity index (χ1v) is 9.80. The highest BCUT2D eigenvalue weighted by molar-refractivity contribution is 14.0. The minimum absolute atomic E-state index is 0. The number of rotatable bonds is 6. The normalized spacial score (nSPS) is 14.4. The van der Waals surface area contributed by atoms with Crippen LogP contribution in [0.3, 0.4) is 0 Å². The highest BCUT2D eigenvalue weighted by atomic mass is 127. The lowest BCUT2D eigenvalue weighted by Crippen LogP contribution is -2.36. The van der Waals surface area contributed by atoms with Crippen LogP contribution < -0.4 is 15.5 Å². The number of ether oxygens (including phenoxy) is 1. The first kappa shape index (κ1) is 22.8. The van der Waals surface area contributed by atoms with Crippen LogP contribution >= 0.6 is 35.6 Å². The second-order valence-corrected chi connectivity index (χ2v) is 6.88. The molecule has 1 fully saturated rings. The maximum atomic E-state index is 5.94. The highest BCUT2D eigenvalue weighted by Crippen LogP contribution is 2.17. The average Bonchev–Trinajstić information content (AvgIpc) is 2.72. The van der Waals surface area contributed by atoms with Crippen molar-refractivity contribution in [3.8, 4) is 0 Å². The lowest BCUT2D eigenvalue weighted by atomic mass is 10.2. The van der Waals surface area contributed by atoms with E-state index in [1.807, 2.05) is 24.3 Å². The quantitative estimate of drug-likeness (QED) is 0.347. The van der Waals surface area contributed by atoms with Crippen molar-refractivity contribution in [2.24, 2.45) is 4.99 Å². The van der Waals surface area contributed by atoms with Gasteiger partial charge in [0.1, 0.15) is 0 Å². The number of nitrogens with one attached hydrogen (secondary N) is 2. The molecule has 3 rings (SSSR count). The molecule has 0 aliphatic carbocycles. The molecule has 1 aliphatic rings. The molecule has 0 radical (unpaired) electrons. The number of guanidine groups is 1. The predicted octanol–water partition coefficient (Wildman–Crippen LogP) is 4.05. The van der Waals surface area contributed by atoms with Crippen LogP contribution in [0.1, 0.15) is 18.1 Å². The summed E-state index contributed by atoms with van der Waals surface area (Å²) in [5.74, 6) is 0.810. The van der Waals surface area contributed by atoms with E-state index >= 15 is 0 Å². The van der Waals surface area contributed by atoms with Crippen molar-refractivity contribution < 1.29 is 4.74 Å². The fourth-order valence-electron chi connectivity index (χ4n) is 2.93. The molecular formula is C21H28ClIN4O. The van der Waals surface area contributed by atoms with Gasteiger partial charge in [0, 0.05) is 36.9 Å². The van der Waals surface area contributed by atoms with Crippen LogP contribution in [-0.4, -0.2) is 38.8 Å². The van der Waals surface area contributed by atoms with Gasteiger partial charge in [-0.05, 0) is 42.3 Å². The number of hydrogen-bond acceptors (Lipinski definition) is 3. The van der Waals surface area contributed by atoms with Gasteiger partial charge in [-0.15, -0.1) is 24.0 Å². The van der Waals surface area contributed by atoms with Crippen molar-refractivity contribution in [3.63, 3.8) is 0 Å². The second kappa shape index (κ2) is 12.1. The molecular weight excluding hydrogens is 487 g/mol. The van der Waals surface area contributed by atoms with Gasteiger partial charge in [-0.3, -0.25) is 0 Å². The summed E-state index contributed by atoms with van der Waals surface area (Å²) in [6.45, 7) is 7.75. The summed E-state index contributed by atoms with van der Waals surface area (Å²) in [6.07, 6.45) is 0. The summed E-state index contributed by atoms with van der Waals surface area (Å²) < 4.78 is 5.41. The molecule has 1 saturated heterocycles. The minimum atomic E-state index is 0. The molecule has 2 aromatic rings. The lowest BCUT2D eigenvalue weighted by molar-refractivity contribution is 0.122. The number of halogens is 2. The van der Waals surface area contributed by atoms with E-state index in [-0.39, 0.29) is 24.0 Å². The monoisotopic (exact) mass is 514 g/mol. The Morgan fingerprint density at radius 1 is 1.00 bits per heavy atom. The minimum Gasteiger partial charge on any atom is -0.378 e. The molecule has 0 saturated carbocycles. The summed E-state index contributed by atoms with van der Waals surface area (Å²) in [5.41, 5.74) is 3.61. The highest BCUT2D eigenvalue weighted by Gasteiger charge is 2.10. The van der Waals surface area contributed by atoms with Crippen LogP contribution in [0.2, 0.25) is 5.02 Å². The Morgan fingerprint density at radius 2 is 1.64 bits per heavy atom. The fourth-order valence-corrected chi connectivity index (χ4v) is 3.06. The van der Waals surface area contributed by atoms with Crippen LogP contribution in [-0.2, 0) is 17.8 Å². The fraction of sp³-hybridized carbons (Fsp3) is 0.381. The van der Waals surface area contributed by atoms with E-state index in [9.17, 15) is 0 Å². The molecule has 28 heavy (non-hydrogen) atoms. The maximum Gasteiger partial charge on any atom is 0.191 e. The molecule has 152 valence electrons. The van der Waals surface area contributed by atoms with Crippen LogP contribution in [0, 0.1) is 0 Å². The molecule has 0 spiro atoms. The van der Waals surface area contributed by atoms with Crippen molar-refractivity contribution >= 4 is 47.2 Å². The van der Waals surface area contributed by atoms with Crippen LogP contribution in [0.15, 0.2) is 53.5 Å². The third kappa shape index (κ3) is 7.14. The van der Waals surface area contributed by atoms with E-state index in [0.29, 0.717) is 13.1 Å². The Bertz CT molecular complexity index is 731. The van der Waals surface area contributed by atoms with E-state index in [4.69, 9.17) is 21.3 Å². The van der Waals surface area contributed by atoms with Gasteiger partial charge in [0.25, 0.3) is 0 Å². The van der Waals surface area contributed by atoms with Crippen molar-refractivity contribution in [2.75, 3.05) is 37.7 Å². The molecule has 1 heterocycles. The Labute approximate surface area is 189 Å². The van der Waals surface area contributed by atoms with Crippen LogP contribution in [0.5, 0.6) is 0 Å². The second-order valence-electron chi connectivity index (χ2n) is 6.44. The largest absolute Gasteiger partial charge is 0.378 e.